The second kappa shape index (κ2) is 5.80. The van der Waals surface area contributed by atoms with Crippen LogP contribution in [0.5, 0.6) is 0 Å². The third kappa shape index (κ3) is 3.00. The number of hydrogen-bond donors (Lipinski definition) is 1. The number of nitrogens with zero attached hydrogens (tertiary/aromatic N) is 2. The fourth-order valence-corrected chi connectivity index (χ4v) is 6.79. The maximum atomic E-state index is 12.1. The standard InChI is InChI=1S/C15H29N3O2S/c1-17-7-2-4-13-10-18(8-5-14(13)17)15(11-16)6-3-9-21(19,20)12-15/h13-14H,2-12,16H2,1H3. The van der Waals surface area contributed by atoms with Gasteiger partial charge in [-0.2, -0.15) is 0 Å². The third-order valence-corrected chi connectivity index (χ3v) is 7.87. The second-order valence-electron chi connectivity index (χ2n) is 7.31. The first kappa shape index (κ1) is 15.7. The highest BCUT2D eigenvalue weighted by Crippen LogP contribution is 2.36. The van der Waals surface area contributed by atoms with E-state index in [1.165, 1.54) is 19.4 Å². The van der Waals surface area contributed by atoms with Gasteiger partial charge in [0.25, 0.3) is 0 Å². The van der Waals surface area contributed by atoms with Gasteiger partial charge in [-0.3, -0.25) is 4.90 Å². The molecule has 3 aliphatic rings. The summed E-state index contributed by atoms with van der Waals surface area (Å²) < 4.78 is 24.2. The summed E-state index contributed by atoms with van der Waals surface area (Å²) in [7, 11) is -0.692. The average Bonchev–Trinajstić information content (AvgIpc) is 2.46. The Morgan fingerprint density at radius 3 is 2.76 bits per heavy atom. The zero-order chi connectivity index (χ0) is 15.1. The van der Waals surface area contributed by atoms with Gasteiger partial charge in [0.1, 0.15) is 0 Å². The Hall–Kier alpha value is -0.170. The van der Waals surface area contributed by atoms with Crippen molar-refractivity contribution >= 4 is 9.84 Å². The van der Waals surface area contributed by atoms with Crippen LogP contribution in [0.15, 0.2) is 0 Å². The summed E-state index contributed by atoms with van der Waals surface area (Å²) in [6, 6.07) is 0.685. The summed E-state index contributed by atoms with van der Waals surface area (Å²) in [6.07, 6.45) is 5.40. The van der Waals surface area contributed by atoms with Crippen LogP contribution in [0.1, 0.15) is 32.1 Å². The largest absolute Gasteiger partial charge is 0.329 e. The van der Waals surface area contributed by atoms with E-state index in [4.69, 9.17) is 5.73 Å². The fourth-order valence-electron chi connectivity index (χ4n) is 4.80. The summed E-state index contributed by atoms with van der Waals surface area (Å²) in [5.41, 5.74) is 5.78. The van der Waals surface area contributed by atoms with Gasteiger partial charge in [-0.1, -0.05) is 0 Å². The highest BCUT2D eigenvalue weighted by atomic mass is 32.2. The molecule has 0 aliphatic carbocycles. The highest BCUT2D eigenvalue weighted by Gasteiger charge is 2.46. The molecule has 0 radical (unpaired) electrons. The minimum atomic E-state index is -2.92. The molecule has 0 aromatic carbocycles. The predicted molar refractivity (Wildman–Crippen MR) is 85.0 cm³/mol. The van der Waals surface area contributed by atoms with Crippen LogP contribution in [0.3, 0.4) is 0 Å². The van der Waals surface area contributed by atoms with Gasteiger partial charge in [-0.15, -0.1) is 0 Å². The summed E-state index contributed by atoms with van der Waals surface area (Å²) in [5.74, 6) is 1.30. The van der Waals surface area contributed by atoms with E-state index < -0.39 is 9.84 Å². The van der Waals surface area contributed by atoms with Gasteiger partial charge in [-0.05, 0) is 51.6 Å². The first-order valence-electron chi connectivity index (χ1n) is 8.32. The molecule has 3 atom stereocenters. The van der Waals surface area contributed by atoms with Gasteiger partial charge in [-0.25, -0.2) is 8.42 Å². The molecule has 2 N–H and O–H groups in total. The molecule has 0 spiro atoms. The molecule has 0 bridgehead atoms. The summed E-state index contributed by atoms with van der Waals surface area (Å²) in [5, 5.41) is 0. The van der Waals surface area contributed by atoms with E-state index in [-0.39, 0.29) is 11.3 Å². The quantitative estimate of drug-likeness (QED) is 0.794. The van der Waals surface area contributed by atoms with Crippen LogP contribution in [0.2, 0.25) is 0 Å². The van der Waals surface area contributed by atoms with E-state index in [1.807, 2.05) is 0 Å². The number of sulfone groups is 1. The van der Waals surface area contributed by atoms with Crippen molar-refractivity contribution in [2.75, 3.05) is 44.7 Å². The average molecular weight is 315 g/mol. The fraction of sp³-hybridized carbons (Fsp3) is 1.00. The van der Waals surface area contributed by atoms with E-state index in [2.05, 4.69) is 16.8 Å². The molecule has 3 aliphatic heterocycles. The lowest BCUT2D eigenvalue weighted by molar-refractivity contribution is -0.0110. The van der Waals surface area contributed by atoms with E-state index in [1.54, 1.807) is 0 Å². The molecule has 0 aromatic heterocycles. The Balaban J connectivity index is 1.76. The number of fused-ring (bicyclic) bond motifs is 1. The molecule has 122 valence electrons. The van der Waals surface area contributed by atoms with Crippen LogP contribution < -0.4 is 5.73 Å². The third-order valence-electron chi connectivity index (χ3n) is 5.98. The molecule has 3 heterocycles. The highest BCUT2D eigenvalue weighted by molar-refractivity contribution is 7.91. The van der Waals surface area contributed by atoms with Gasteiger partial charge in [0.05, 0.1) is 11.5 Å². The van der Waals surface area contributed by atoms with Gasteiger partial charge < -0.3 is 10.6 Å². The molecule has 0 aromatic rings. The van der Waals surface area contributed by atoms with Crippen LogP contribution in [-0.2, 0) is 9.84 Å². The summed E-state index contributed by atoms with van der Waals surface area (Å²) >= 11 is 0. The molecule has 6 heteroatoms. The Morgan fingerprint density at radius 1 is 1.24 bits per heavy atom. The maximum absolute atomic E-state index is 12.1. The van der Waals surface area contributed by atoms with Crippen molar-refractivity contribution in [3.05, 3.63) is 0 Å². The second-order valence-corrected chi connectivity index (χ2v) is 9.49. The zero-order valence-electron chi connectivity index (χ0n) is 13.1. The van der Waals surface area contributed by atoms with Crippen molar-refractivity contribution in [1.82, 2.24) is 9.80 Å². The Bertz CT molecular complexity index is 481. The lowest BCUT2D eigenvalue weighted by Crippen LogP contribution is -2.65. The molecule has 0 amide bonds. The van der Waals surface area contributed by atoms with Gasteiger partial charge >= 0.3 is 0 Å². The number of nitrogens with two attached hydrogens (primary N) is 1. The van der Waals surface area contributed by atoms with Gasteiger partial charge in [0, 0.05) is 31.2 Å². The number of rotatable bonds is 2. The van der Waals surface area contributed by atoms with Crippen LogP contribution in [0.4, 0.5) is 0 Å². The Labute approximate surface area is 128 Å². The van der Waals surface area contributed by atoms with Crippen LogP contribution in [-0.4, -0.2) is 74.5 Å². The maximum Gasteiger partial charge on any atom is 0.152 e. The molecule has 3 saturated heterocycles. The minimum Gasteiger partial charge on any atom is -0.329 e. The monoisotopic (exact) mass is 315 g/mol. The van der Waals surface area contributed by atoms with Crippen LogP contribution in [0, 0.1) is 5.92 Å². The van der Waals surface area contributed by atoms with Crippen LogP contribution >= 0.6 is 0 Å². The molecule has 3 rings (SSSR count). The predicted octanol–water partition coefficient (Wildman–Crippen LogP) is 0.309. The molecule has 21 heavy (non-hydrogen) atoms. The lowest BCUT2D eigenvalue weighted by Gasteiger charge is -2.53. The molecule has 3 fully saturated rings. The smallest absolute Gasteiger partial charge is 0.152 e. The summed E-state index contributed by atoms with van der Waals surface area (Å²) in [4.78, 5) is 4.93. The van der Waals surface area contributed by atoms with Crippen molar-refractivity contribution in [1.29, 1.82) is 0 Å². The number of likely N-dealkylation sites (tertiary alicyclic amines) is 2. The Morgan fingerprint density at radius 2 is 2.05 bits per heavy atom. The Kier molecular flexibility index (Phi) is 4.34. The van der Waals surface area contributed by atoms with Crippen molar-refractivity contribution in [3.8, 4) is 0 Å². The lowest BCUT2D eigenvalue weighted by atomic mass is 9.81. The molecular weight excluding hydrogens is 286 g/mol. The number of hydrogen-bond acceptors (Lipinski definition) is 5. The minimum absolute atomic E-state index is 0.268. The van der Waals surface area contributed by atoms with Crippen molar-refractivity contribution in [3.63, 3.8) is 0 Å². The summed E-state index contributed by atoms with van der Waals surface area (Å²) in [6.45, 7) is 3.71. The van der Waals surface area contributed by atoms with E-state index in [0.717, 1.165) is 32.4 Å². The van der Waals surface area contributed by atoms with Crippen LogP contribution in [0.25, 0.3) is 0 Å². The van der Waals surface area contributed by atoms with Crippen molar-refractivity contribution in [2.24, 2.45) is 11.7 Å². The van der Waals surface area contributed by atoms with Gasteiger partial charge in [0.15, 0.2) is 9.84 Å². The van der Waals surface area contributed by atoms with E-state index >= 15 is 0 Å². The molecule has 5 nitrogen and oxygen atoms in total. The normalized spacial score (nSPS) is 41.6. The van der Waals surface area contributed by atoms with Gasteiger partial charge in [0.2, 0.25) is 0 Å². The first-order valence-corrected chi connectivity index (χ1v) is 10.1. The van der Waals surface area contributed by atoms with E-state index in [0.29, 0.717) is 24.3 Å². The topological polar surface area (TPSA) is 66.6 Å². The van der Waals surface area contributed by atoms with E-state index in [9.17, 15) is 8.42 Å². The van der Waals surface area contributed by atoms with Crippen molar-refractivity contribution in [2.45, 2.75) is 43.7 Å². The van der Waals surface area contributed by atoms with Crippen molar-refractivity contribution < 1.29 is 8.42 Å². The number of piperidine rings is 2. The first-order chi connectivity index (χ1) is 9.96. The molecular formula is C15H29N3O2S. The molecule has 0 saturated carbocycles. The zero-order valence-corrected chi connectivity index (χ0v) is 13.9. The molecule has 3 unspecified atom stereocenters. The SMILES string of the molecule is CN1CCCC2CN(C3(CN)CCCS(=O)(=O)C3)CCC21.